The molecule has 1 amide bonds. The topological polar surface area (TPSA) is 66.5 Å². The van der Waals surface area contributed by atoms with Crippen LogP contribution in [0.4, 0.5) is 10.1 Å². The van der Waals surface area contributed by atoms with Gasteiger partial charge < -0.3 is 5.32 Å². The van der Waals surface area contributed by atoms with Crippen molar-refractivity contribution in [1.29, 1.82) is 0 Å². The zero-order chi connectivity index (χ0) is 17.7. The number of amides is 1. The van der Waals surface area contributed by atoms with E-state index in [9.17, 15) is 17.6 Å². The summed E-state index contributed by atoms with van der Waals surface area (Å²) in [5.74, 6) is -0.812. The van der Waals surface area contributed by atoms with Gasteiger partial charge in [-0.2, -0.15) is 0 Å². The minimum absolute atomic E-state index is 0.190. The van der Waals surface area contributed by atoms with Crippen LogP contribution < -0.4 is 9.62 Å². The molecule has 1 N–H and O–H groups in total. The van der Waals surface area contributed by atoms with Gasteiger partial charge in [0.15, 0.2) is 0 Å². The van der Waals surface area contributed by atoms with Crippen molar-refractivity contribution in [2.24, 2.45) is 0 Å². The third-order valence-electron chi connectivity index (χ3n) is 3.19. The van der Waals surface area contributed by atoms with Crippen LogP contribution in [-0.4, -0.2) is 27.1 Å². The molecule has 0 saturated heterocycles. The highest BCUT2D eigenvalue weighted by atomic mass is 79.9. The quantitative estimate of drug-likeness (QED) is 0.789. The molecule has 5 nitrogen and oxygen atoms in total. The van der Waals surface area contributed by atoms with Gasteiger partial charge in [-0.3, -0.25) is 9.10 Å². The second-order valence-corrected chi connectivity index (χ2v) is 7.98. The maximum absolute atomic E-state index is 12.8. The van der Waals surface area contributed by atoms with Crippen LogP contribution in [0.3, 0.4) is 0 Å². The first-order valence-corrected chi connectivity index (χ1v) is 9.64. The Kier molecular flexibility index (Phi) is 5.95. The Balaban J connectivity index is 2.06. The van der Waals surface area contributed by atoms with Crippen LogP contribution in [0.1, 0.15) is 5.56 Å². The number of carbonyl (C=O) groups excluding carboxylic acids is 1. The fraction of sp³-hybridized carbons (Fsp3) is 0.188. The van der Waals surface area contributed by atoms with E-state index < -0.39 is 15.9 Å². The summed E-state index contributed by atoms with van der Waals surface area (Å²) < 4.78 is 38.5. The van der Waals surface area contributed by atoms with Gasteiger partial charge in [0, 0.05) is 11.0 Å². The van der Waals surface area contributed by atoms with E-state index in [-0.39, 0.29) is 18.9 Å². The van der Waals surface area contributed by atoms with Crippen molar-refractivity contribution in [3.05, 3.63) is 64.4 Å². The van der Waals surface area contributed by atoms with E-state index >= 15 is 0 Å². The summed E-state index contributed by atoms with van der Waals surface area (Å²) in [4.78, 5) is 12.1. The molecule has 128 valence electrons. The summed E-state index contributed by atoms with van der Waals surface area (Å²) in [6.07, 6.45) is 1.04. The number of sulfonamides is 1. The van der Waals surface area contributed by atoms with Crippen molar-refractivity contribution < 1.29 is 17.6 Å². The minimum atomic E-state index is -3.62. The number of nitrogens with one attached hydrogen (secondary N) is 1. The Morgan fingerprint density at radius 3 is 2.46 bits per heavy atom. The smallest absolute Gasteiger partial charge is 0.241 e. The van der Waals surface area contributed by atoms with Crippen molar-refractivity contribution in [3.63, 3.8) is 0 Å². The minimum Gasteiger partial charge on any atom is -0.350 e. The van der Waals surface area contributed by atoms with Gasteiger partial charge in [-0.1, -0.05) is 34.1 Å². The lowest BCUT2D eigenvalue weighted by molar-refractivity contribution is -0.119. The molecule has 2 rings (SSSR count). The van der Waals surface area contributed by atoms with E-state index in [1.54, 1.807) is 36.4 Å². The first kappa shape index (κ1) is 18.4. The van der Waals surface area contributed by atoms with Crippen molar-refractivity contribution >= 4 is 37.5 Å². The van der Waals surface area contributed by atoms with Crippen molar-refractivity contribution in [1.82, 2.24) is 5.32 Å². The highest BCUT2D eigenvalue weighted by Gasteiger charge is 2.20. The molecular formula is C16H16BrFN2O3S. The van der Waals surface area contributed by atoms with Crippen LogP contribution in [-0.2, 0) is 21.4 Å². The maximum atomic E-state index is 12.8. The van der Waals surface area contributed by atoms with Gasteiger partial charge in [-0.15, -0.1) is 0 Å². The predicted molar refractivity (Wildman–Crippen MR) is 94.6 cm³/mol. The predicted octanol–water partition coefficient (Wildman–Crippen LogP) is 2.67. The molecule has 0 unspecified atom stereocenters. The second-order valence-electron chi connectivity index (χ2n) is 5.15. The molecule has 0 saturated carbocycles. The zero-order valence-corrected chi connectivity index (χ0v) is 15.3. The van der Waals surface area contributed by atoms with Crippen LogP contribution in [0, 0.1) is 5.82 Å². The number of benzene rings is 2. The summed E-state index contributed by atoms with van der Waals surface area (Å²) in [5.41, 5.74) is 1.11. The molecule has 0 atom stereocenters. The third-order valence-corrected chi connectivity index (χ3v) is 4.82. The molecule has 0 aromatic heterocycles. The molecule has 0 aliphatic heterocycles. The monoisotopic (exact) mass is 414 g/mol. The number of nitrogens with zero attached hydrogens (tertiary/aromatic N) is 1. The molecule has 0 spiro atoms. The molecule has 0 fully saturated rings. The van der Waals surface area contributed by atoms with Gasteiger partial charge in [0.25, 0.3) is 0 Å². The molecule has 0 radical (unpaired) electrons. The summed E-state index contributed by atoms with van der Waals surface area (Å²) >= 11 is 3.28. The normalized spacial score (nSPS) is 11.1. The van der Waals surface area contributed by atoms with Crippen LogP contribution >= 0.6 is 15.9 Å². The molecule has 8 heteroatoms. The largest absolute Gasteiger partial charge is 0.350 e. The first-order chi connectivity index (χ1) is 11.3. The average Bonchev–Trinajstić information content (AvgIpc) is 2.51. The fourth-order valence-electron chi connectivity index (χ4n) is 2.02. The highest BCUT2D eigenvalue weighted by Crippen LogP contribution is 2.21. The van der Waals surface area contributed by atoms with E-state index in [0.717, 1.165) is 16.1 Å². The molecule has 2 aromatic carbocycles. The lowest BCUT2D eigenvalue weighted by Gasteiger charge is -2.22. The summed E-state index contributed by atoms with van der Waals surface area (Å²) in [6.45, 7) is -0.147. The molecule has 0 aliphatic carbocycles. The van der Waals surface area contributed by atoms with Gasteiger partial charge in [-0.05, 0) is 35.9 Å². The van der Waals surface area contributed by atoms with E-state index in [4.69, 9.17) is 0 Å². The van der Waals surface area contributed by atoms with Crippen LogP contribution in [0.15, 0.2) is 53.0 Å². The Hall–Kier alpha value is -1.93. The lowest BCUT2D eigenvalue weighted by Crippen LogP contribution is -2.40. The van der Waals surface area contributed by atoms with Gasteiger partial charge in [-0.25, -0.2) is 12.8 Å². The van der Waals surface area contributed by atoms with E-state index in [0.29, 0.717) is 10.2 Å². The molecule has 0 bridgehead atoms. The van der Waals surface area contributed by atoms with Gasteiger partial charge in [0.2, 0.25) is 15.9 Å². The Bertz CT molecular complexity index is 825. The number of carbonyl (C=O) groups is 1. The summed E-state index contributed by atoms with van der Waals surface area (Å²) in [5, 5.41) is 2.63. The van der Waals surface area contributed by atoms with Crippen LogP contribution in [0.5, 0.6) is 0 Å². The van der Waals surface area contributed by atoms with Gasteiger partial charge >= 0.3 is 0 Å². The van der Waals surface area contributed by atoms with Crippen LogP contribution in [0.2, 0.25) is 0 Å². The standard InChI is InChI=1S/C16H16BrFN2O3S/c1-24(22,23)20(15-4-2-3-13(17)9-15)11-16(21)19-10-12-5-7-14(18)8-6-12/h2-9H,10-11H2,1H3,(H,19,21). The number of halogens is 2. The molecule has 24 heavy (non-hydrogen) atoms. The first-order valence-electron chi connectivity index (χ1n) is 7.00. The lowest BCUT2D eigenvalue weighted by atomic mass is 10.2. The SMILES string of the molecule is CS(=O)(=O)N(CC(=O)NCc1ccc(F)cc1)c1cccc(Br)c1. The maximum Gasteiger partial charge on any atom is 0.241 e. The zero-order valence-electron chi connectivity index (χ0n) is 12.9. The summed E-state index contributed by atoms with van der Waals surface area (Å²) in [6, 6.07) is 12.4. The van der Waals surface area contributed by atoms with Gasteiger partial charge in [0.05, 0.1) is 11.9 Å². The summed E-state index contributed by atoms with van der Waals surface area (Å²) in [7, 11) is -3.62. The van der Waals surface area contributed by atoms with Crippen molar-refractivity contribution in [2.45, 2.75) is 6.54 Å². The van der Waals surface area contributed by atoms with E-state index in [1.165, 1.54) is 12.1 Å². The molecule has 2 aromatic rings. The number of rotatable bonds is 6. The van der Waals surface area contributed by atoms with E-state index in [2.05, 4.69) is 21.2 Å². The molecular weight excluding hydrogens is 399 g/mol. The number of anilines is 1. The number of hydrogen-bond acceptors (Lipinski definition) is 3. The Labute approximate surface area is 148 Å². The molecule has 0 heterocycles. The van der Waals surface area contributed by atoms with Crippen molar-refractivity contribution in [2.75, 3.05) is 17.1 Å². The Morgan fingerprint density at radius 2 is 1.88 bits per heavy atom. The number of hydrogen-bond donors (Lipinski definition) is 1. The fourth-order valence-corrected chi connectivity index (χ4v) is 3.26. The van der Waals surface area contributed by atoms with E-state index in [1.807, 2.05) is 0 Å². The van der Waals surface area contributed by atoms with Gasteiger partial charge in [0.1, 0.15) is 12.4 Å². The van der Waals surface area contributed by atoms with Crippen molar-refractivity contribution in [3.8, 4) is 0 Å². The second kappa shape index (κ2) is 7.76. The van der Waals surface area contributed by atoms with Crippen LogP contribution in [0.25, 0.3) is 0 Å². The third kappa shape index (κ3) is 5.31. The average molecular weight is 415 g/mol. The Morgan fingerprint density at radius 1 is 1.21 bits per heavy atom. The highest BCUT2D eigenvalue weighted by molar-refractivity contribution is 9.10. The molecule has 0 aliphatic rings.